The Balaban J connectivity index is 2.03. The number of hydrogen-bond acceptors (Lipinski definition) is 5. The van der Waals surface area contributed by atoms with Gasteiger partial charge in [0.05, 0.1) is 31.6 Å². The van der Waals surface area contributed by atoms with Crippen molar-refractivity contribution in [1.82, 2.24) is 5.43 Å². The monoisotopic (exact) mass is 326 g/mol. The van der Waals surface area contributed by atoms with Gasteiger partial charge >= 0.3 is 5.97 Å². The van der Waals surface area contributed by atoms with Gasteiger partial charge in [0.15, 0.2) is 0 Å². The summed E-state index contributed by atoms with van der Waals surface area (Å²) < 4.78 is 9.83. The average molecular weight is 326 g/mol. The van der Waals surface area contributed by atoms with Gasteiger partial charge in [0, 0.05) is 0 Å². The first-order valence-electron chi connectivity index (χ1n) is 7.21. The van der Waals surface area contributed by atoms with Crippen LogP contribution in [0.4, 0.5) is 0 Å². The number of hydrogen-bond donors (Lipinski definition) is 1. The van der Waals surface area contributed by atoms with Crippen LogP contribution in [0.5, 0.6) is 5.75 Å². The molecular formula is C18H18N2O4. The maximum absolute atomic E-state index is 12.1. The van der Waals surface area contributed by atoms with Crippen LogP contribution in [-0.2, 0) is 4.74 Å². The normalized spacial score (nSPS) is 10.5. The smallest absolute Gasteiger partial charge is 0.337 e. The van der Waals surface area contributed by atoms with Crippen LogP contribution in [0.25, 0.3) is 0 Å². The zero-order valence-electron chi connectivity index (χ0n) is 13.7. The fourth-order valence-corrected chi connectivity index (χ4v) is 2.03. The number of amides is 1. The number of nitrogens with zero attached hydrogens (tertiary/aromatic N) is 1. The summed E-state index contributed by atoms with van der Waals surface area (Å²) >= 11 is 0. The van der Waals surface area contributed by atoms with Gasteiger partial charge in [0.25, 0.3) is 5.91 Å². The average Bonchev–Trinajstić information content (AvgIpc) is 2.61. The van der Waals surface area contributed by atoms with Crippen molar-refractivity contribution in [1.29, 1.82) is 0 Å². The minimum atomic E-state index is -0.404. The first kappa shape index (κ1) is 17.2. The Hall–Kier alpha value is -3.15. The number of methoxy groups -OCH3 is 2. The second-order valence-electron chi connectivity index (χ2n) is 5.02. The highest BCUT2D eigenvalue weighted by atomic mass is 16.5. The molecule has 2 aromatic rings. The van der Waals surface area contributed by atoms with Crippen LogP contribution < -0.4 is 10.2 Å². The van der Waals surface area contributed by atoms with E-state index >= 15 is 0 Å². The van der Waals surface area contributed by atoms with Crippen LogP contribution in [0.2, 0.25) is 0 Å². The highest BCUT2D eigenvalue weighted by molar-refractivity contribution is 5.97. The molecule has 6 nitrogen and oxygen atoms in total. The lowest BCUT2D eigenvalue weighted by atomic mass is 10.1. The van der Waals surface area contributed by atoms with E-state index in [1.165, 1.54) is 20.4 Å². The Morgan fingerprint density at radius 2 is 1.79 bits per heavy atom. The summed E-state index contributed by atoms with van der Waals surface area (Å²) in [4.78, 5) is 23.5. The van der Waals surface area contributed by atoms with Gasteiger partial charge in [0.1, 0.15) is 5.75 Å². The lowest BCUT2D eigenvalue weighted by Gasteiger charge is -2.07. The highest BCUT2D eigenvalue weighted by Crippen LogP contribution is 2.19. The van der Waals surface area contributed by atoms with Crippen molar-refractivity contribution in [3.63, 3.8) is 0 Å². The summed E-state index contributed by atoms with van der Waals surface area (Å²) in [6.07, 6.45) is 1.49. The summed E-state index contributed by atoms with van der Waals surface area (Å²) in [5.41, 5.74) is 5.03. The largest absolute Gasteiger partial charge is 0.496 e. The Kier molecular flexibility index (Phi) is 5.68. The number of aryl methyl sites for hydroxylation is 1. The van der Waals surface area contributed by atoms with E-state index in [9.17, 15) is 9.59 Å². The molecule has 0 aliphatic rings. The molecule has 0 aliphatic heterocycles. The lowest BCUT2D eigenvalue weighted by molar-refractivity contribution is 0.0600. The van der Waals surface area contributed by atoms with Gasteiger partial charge in [-0.05, 0) is 42.3 Å². The van der Waals surface area contributed by atoms with Gasteiger partial charge in [-0.15, -0.1) is 0 Å². The number of esters is 1. The standard InChI is InChI=1S/C18H18N2O4/c1-12-4-9-15(16(10-12)23-2)17(21)20-19-11-13-5-7-14(8-6-13)18(22)24-3/h4-11H,1-3H3,(H,20,21)/b19-11-. The third kappa shape index (κ3) is 4.19. The van der Waals surface area contributed by atoms with E-state index in [1.54, 1.807) is 36.4 Å². The van der Waals surface area contributed by atoms with Gasteiger partial charge in [-0.1, -0.05) is 18.2 Å². The van der Waals surface area contributed by atoms with Crippen LogP contribution >= 0.6 is 0 Å². The van der Waals surface area contributed by atoms with Crippen molar-refractivity contribution < 1.29 is 19.1 Å². The summed E-state index contributed by atoms with van der Waals surface area (Å²) in [7, 11) is 2.84. The van der Waals surface area contributed by atoms with Crippen molar-refractivity contribution in [2.24, 2.45) is 5.10 Å². The molecular weight excluding hydrogens is 308 g/mol. The van der Waals surface area contributed by atoms with Gasteiger partial charge in [-0.2, -0.15) is 5.10 Å². The molecule has 0 spiro atoms. The molecule has 0 unspecified atom stereocenters. The maximum Gasteiger partial charge on any atom is 0.337 e. The number of carbonyl (C=O) groups excluding carboxylic acids is 2. The minimum absolute atomic E-state index is 0.366. The third-order valence-electron chi connectivity index (χ3n) is 3.31. The first-order valence-corrected chi connectivity index (χ1v) is 7.21. The molecule has 1 N–H and O–H groups in total. The summed E-state index contributed by atoms with van der Waals surface area (Å²) in [6, 6.07) is 11.9. The van der Waals surface area contributed by atoms with Gasteiger partial charge in [-0.25, -0.2) is 10.2 Å². The fraction of sp³-hybridized carbons (Fsp3) is 0.167. The molecule has 0 aliphatic carbocycles. The summed E-state index contributed by atoms with van der Waals surface area (Å²) in [5, 5.41) is 3.91. The Bertz CT molecular complexity index is 767. The van der Waals surface area contributed by atoms with E-state index in [0.29, 0.717) is 16.9 Å². The number of benzene rings is 2. The Labute approximate surface area is 140 Å². The van der Waals surface area contributed by atoms with Crippen molar-refractivity contribution in [2.45, 2.75) is 6.92 Å². The summed E-state index contributed by atoms with van der Waals surface area (Å²) in [6.45, 7) is 1.92. The lowest BCUT2D eigenvalue weighted by Crippen LogP contribution is -2.18. The molecule has 0 fully saturated rings. The molecule has 2 aromatic carbocycles. The van der Waals surface area contributed by atoms with Crippen LogP contribution in [0.3, 0.4) is 0 Å². The predicted octanol–water partition coefficient (Wildman–Crippen LogP) is 2.55. The first-order chi connectivity index (χ1) is 11.5. The van der Waals surface area contributed by atoms with Gasteiger partial charge < -0.3 is 9.47 Å². The maximum atomic E-state index is 12.1. The molecule has 0 bridgehead atoms. The SMILES string of the molecule is COC(=O)c1ccc(/C=N\NC(=O)c2ccc(C)cc2OC)cc1. The van der Waals surface area contributed by atoms with Crippen LogP contribution in [0.15, 0.2) is 47.6 Å². The second-order valence-corrected chi connectivity index (χ2v) is 5.02. The van der Waals surface area contributed by atoms with E-state index in [2.05, 4.69) is 15.3 Å². The van der Waals surface area contributed by atoms with Crippen molar-refractivity contribution in [3.05, 3.63) is 64.7 Å². The zero-order chi connectivity index (χ0) is 17.5. The second kappa shape index (κ2) is 7.92. The van der Waals surface area contributed by atoms with Crippen LogP contribution in [-0.4, -0.2) is 32.3 Å². The fourth-order valence-electron chi connectivity index (χ4n) is 2.03. The molecule has 24 heavy (non-hydrogen) atoms. The van der Waals surface area contributed by atoms with E-state index in [-0.39, 0.29) is 5.91 Å². The van der Waals surface area contributed by atoms with Crippen molar-refractivity contribution in [3.8, 4) is 5.75 Å². The minimum Gasteiger partial charge on any atom is -0.496 e. The quantitative estimate of drug-likeness (QED) is 0.520. The Morgan fingerprint density at radius 3 is 2.42 bits per heavy atom. The van der Waals surface area contributed by atoms with Crippen LogP contribution in [0, 0.1) is 6.92 Å². The highest BCUT2D eigenvalue weighted by Gasteiger charge is 2.11. The molecule has 0 atom stereocenters. The molecule has 2 rings (SSSR count). The Morgan fingerprint density at radius 1 is 1.08 bits per heavy atom. The number of nitrogens with one attached hydrogen (secondary N) is 1. The zero-order valence-corrected chi connectivity index (χ0v) is 13.7. The molecule has 0 heterocycles. The van der Waals surface area contributed by atoms with Crippen molar-refractivity contribution in [2.75, 3.05) is 14.2 Å². The summed E-state index contributed by atoms with van der Waals surface area (Å²) in [5.74, 6) is -0.280. The van der Waals surface area contributed by atoms with E-state index in [4.69, 9.17) is 4.74 Å². The molecule has 0 aromatic heterocycles. The third-order valence-corrected chi connectivity index (χ3v) is 3.31. The number of ether oxygens (including phenoxy) is 2. The molecule has 0 saturated carbocycles. The number of carbonyl (C=O) groups is 2. The predicted molar refractivity (Wildman–Crippen MR) is 90.6 cm³/mol. The van der Waals surface area contributed by atoms with E-state index in [1.807, 2.05) is 13.0 Å². The van der Waals surface area contributed by atoms with Gasteiger partial charge in [0.2, 0.25) is 0 Å². The number of rotatable bonds is 5. The van der Waals surface area contributed by atoms with Gasteiger partial charge in [-0.3, -0.25) is 4.79 Å². The molecule has 124 valence electrons. The molecule has 1 amide bonds. The topological polar surface area (TPSA) is 77.0 Å². The molecule has 0 radical (unpaired) electrons. The van der Waals surface area contributed by atoms with Crippen molar-refractivity contribution >= 4 is 18.1 Å². The van der Waals surface area contributed by atoms with E-state index < -0.39 is 5.97 Å². The number of hydrazone groups is 1. The molecule has 6 heteroatoms. The molecule has 0 saturated heterocycles. The van der Waals surface area contributed by atoms with Crippen LogP contribution in [0.1, 0.15) is 31.8 Å². The van der Waals surface area contributed by atoms with E-state index in [0.717, 1.165) is 11.1 Å².